The number of carbonyl (C=O) groups is 1. The van der Waals surface area contributed by atoms with Crippen LogP contribution >= 0.6 is 12.2 Å². The molecule has 0 heterocycles. The summed E-state index contributed by atoms with van der Waals surface area (Å²) in [6, 6.07) is 16.7. The van der Waals surface area contributed by atoms with Gasteiger partial charge in [-0.25, -0.2) is 4.79 Å². The van der Waals surface area contributed by atoms with Gasteiger partial charge in [0, 0.05) is 5.69 Å². The summed E-state index contributed by atoms with van der Waals surface area (Å²) in [5.41, 5.74) is 1.95. The van der Waals surface area contributed by atoms with Crippen LogP contribution in [0.15, 0.2) is 54.6 Å². The van der Waals surface area contributed by atoms with E-state index in [9.17, 15) is 4.79 Å². The van der Waals surface area contributed by atoms with Crippen LogP contribution in [0.2, 0.25) is 0 Å². The molecule has 0 aliphatic carbocycles. The standard InChI is InChI=1S/C16H16N2O2S/c1-2-20-15(19)13-10-6-7-11-14(13)18-16(21)17-12-8-4-3-5-9-12/h3-11H,2H2,1H3,(H2,17,18,21). The summed E-state index contributed by atoms with van der Waals surface area (Å²) < 4.78 is 5.03. The maximum absolute atomic E-state index is 11.9. The number of carbonyl (C=O) groups excluding carboxylic acids is 1. The Morgan fingerprint density at radius 2 is 1.71 bits per heavy atom. The Balaban J connectivity index is 2.09. The third-order valence-corrected chi connectivity index (χ3v) is 2.91. The van der Waals surface area contributed by atoms with Gasteiger partial charge in [0.15, 0.2) is 5.11 Å². The fourth-order valence-corrected chi connectivity index (χ4v) is 2.01. The molecule has 108 valence electrons. The van der Waals surface area contributed by atoms with Gasteiger partial charge in [0.05, 0.1) is 17.9 Å². The highest BCUT2D eigenvalue weighted by Crippen LogP contribution is 2.17. The molecule has 2 aromatic rings. The lowest BCUT2D eigenvalue weighted by atomic mass is 10.2. The zero-order valence-electron chi connectivity index (χ0n) is 11.6. The Morgan fingerprint density at radius 3 is 2.43 bits per heavy atom. The number of thiocarbonyl (C=S) groups is 1. The number of anilines is 2. The lowest BCUT2D eigenvalue weighted by molar-refractivity contribution is 0.0527. The Labute approximate surface area is 129 Å². The molecule has 0 aliphatic heterocycles. The van der Waals surface area contributed by atoms with Crippen LogP contribution in [-0.4, -0.2) is 17.7 Å². The average Bonchev–Trinajstić information content (AvgIpc) is 2.49. The van der Waals surface area contributed by atoms with E-state index in [-0.39, 0.29) is 5.97 Å². The van der Waals surface area contributed by atoms with Crippen molar-refractivity contribution < 1.29 is 9.53 Å². The van der Waals surface area contributed by atoms with Gasteiger partial charge in [-0.2, -0.15) is 0 Å². The minimum atomic E-state index is -0.372. The minimum absolute atomic E-state index is 0.333. The van der Waals surface area contributed by atoms with Crippen molar-refractivity contribution in [1.82, 2.24) is 0 Å². The molecule has 2 N–H and O–H groups in total. The third kappa shape index (κ3) is 4.29. The lowest BCUT2D eigenvalue weighted by Gasteiger charge is -2.13. The van der Waals surface area contributed by atoms with Gasteiger partial charge in [0.25, 0.3) is 0 Å². The van der Waals surface area contributed by atoms with Crippen LogP contribution in [0.1, 0.15) is 17.3 Å². The van der Waals surface area contributed by atoms with E-state index in [1.165, 1.54) is 0 Å². The fraction of sp³-hybridized carbons (Fsp3) is 0.125. The first-order valence-electron chi connectivity index (χ1n) is 6.60. The van der Waals surface area contributed by atoms with Crippen molar-refractivity contribution in [3.05, 3.63) is 60.2 Å². The molecule has 0 saturated heterocycles. The van der Waals surface area contributed by atoms with E-state index in [1.807, 2.05) is 36.4 Å². The summed E-state index contributed by atoms with van der Waals surface area (Å²) in [4.78, 5) is 11.9. The summed E-state index contributed by atoms with van der Waals surface area (Å²) in [7, 11) is 0. The number of ether oxygens (including phenoxy) is 1. The predicted octanol–water partition coefficient (Wildman–Crippen LogP) is 3.67. The molecule has 0 radical (unpaired) electrons. The lowest BCUT2D eigenvalue weighted by Crippen LogP contribution is -2.21. The number of nitrogens with one attached hydrogen (secondary N) is 2. The van der Waals surface area contributed by atoms with Gasteiger partial charge in [-0.15, -0.1) is 0 Å². The van der Waals surface area contributed by atoms with E-state index in [2.05, 4.69) is 10.6 Å². The van der Waals surface area contributed by atoms with Gasteiger partial charge in [-0.05, 0) is 43.4 Å². The zero-order chi connectivity index (χ0) is 15.1. The molecule has 4 nitrogen and oxygen atoms in total. The summed E-state index contributed by atoms with van der Waals surface area (Å²) in [6.45, 7) is 2.11. The highest BCUT2D eigenvalue weighted by Gasteiger charge is 2.12. The van der Waals surface area contributed by atoms with Gasteiger partial charge in [-0.1, -0.05) is 30.3 Å². The van der Waals surface area contributed by atoms with Crippen LogP contribution in [0.3, 0.4) is 0 Å². The zero-order valence-corrected chi connectivity index (χ0v) is 12.4. The smallest absolute Gasteiger partial charge is 0.340 e. The van der Waals surface area contributed by atoms with Crippen molar-refractivity contribution in [3.8, 4) is 0 Å². The minimum Gasteiger partial charge on any atom is -0.462 e. The first-order valence-corrected chi connectivity index (χ1v) is 7.00. The van der Waals surface area contributed by atoms with Crippen molar-refractivity contribution in [3.63, 3.8) is 0 Å². The van der Waals surface area contributed by atoms with Crippen LogP contribution in [0, 0.1) is 0 Å². The van der Waals surface area contributed by atoms with Gasteiger partial charge in [0.1, 0.15) is 0 Å². The van der Waals surface area contributed by atoms with E-state index in [4.69, 9.17) is 17.0 Å². The Morgan fingerprint density at radius 1 is 1.05 bits per heavy atom. The highest BCUT2D eigenvalue weighted by atomic mass is 32.1. The van der Waals surface area contributed by atoms with Gasteiger partial charge < -0.3 is 15.4 Å². The second kappa shape index (κ2) is 7.40. The van der Waals surface area contributed by atoms with Crippen LogP contribution in [0.25, 0.3) is 0 Å². The molecule has 21 heavy (non-hydrogen) atoms. The molecule has 0 amide bonds. The Bertz CT molecular complexity index is 629. The van der Waals surface area contributed by atoms with E-state index in [0.717, 1.165) is 5.69 Å². The topological polar surface area (TPSA) is 50.4 Å². The third-order valence-electron chi connectivity index (χ3n) is 2.70. The summed E-state index contributed by atoms with van der Waals surface area (Å²) in [5, 5.41) is 6.49. The average molecular weight is 300 g/mol. The highest BCUT2D eigenvalue weighted by molar-refractivity contribution is 7.80. The quantitative estimate of drug-likeness (QED) is 0.666. The van der Waals surface area contributed by atoms with Crippen molar-refractivity contribution in [1.29, 1.82) is 0 Å². The van der Waals surface area contributed by atoms with Crippen LogP contribution in [0.5, 0.6) is 0 Å². The van der Waals surface area contributed by atoms with E-state index in [0.29, 0.717) is 23.0 Å². The second-order valence-electron chi connectivity index (χ2n) is 4.21. The number of rotatable bonds is 4. The normalized spacial score (nSPS) is 9.76. The fourth-order valence-electron chi connectivity index (χ4n) is 1.79. The van der Waals surface area contributed by atoms with E-state index in [1.54, 1.807) is 25.1 Å². The number of hydrogen-bond donors (Lipinski definition) is 2. The molecule has 0 spiro atoms. The maximum atomic E-state index is 11.9. The Kier molecular flexibility index (Phi) is 5.29. The first-order chi connectivity index (χ1) is 10.2. The number of esters is 1. The molecule has 0 aromatic heterocycles. The molecule has 5 heteroatoms. The molecule has 0 unspecified atom stereocenters. The number of benzene rings is 2. The molecule has 0 aliphatic rings. The maximum Gasteiger partial charge on any atom is 0.340 e. The molecule has 2 rings (SSSR count). The SMILES string of the molecule is CCOC(=O)c1ccccc1NC(=S)Nc1ccccc1. The van der Waals surface area contributed by atoms with Crippen molar-refractivity contribution in [2.45, 2.75) is 6.92 Å². The number of para-hydroxylation sites is 2. The number of hydrogen-bond acceptors (Lipinski definition) is 3. The largest absolute Gasteiger partial charge is 0.462 e. The summed E-state index contributed by atoms with van der Waals surface area (Å²) >= 11 is 5.25. The van der Waals surface area contributed by atoms with Crippen LogP contribution in [-0.2, 0) is 4.74 Å². The molecule has 0 atom stereocenters. The molecular formula is C16H16N2O2S. The van der Waals surface area contributed by atoms with Gasteiger partial charge in [-0.3, -0.25) is 0 Å². The van der Waals surface area contributed by atoms with E-state index >= 15 is 0 Å². The monoisotopic (exact) mass is 300 g/mol. The molecule has 0 saturated carbocycles. The first kappa shape index (κ1) is 15.0. The van der Waals surface area contributed by atoms with Crippen molar-refractivity contribution in [2.24, 2.45) is 0 Å². The Hall–Kier alpha value is -2.40. The van der Waals surface area contributed by atoms with Crippen LogP contribution < -0.4 is 10.6 Å². The summed E-state index contributed by atoms with van der Waals surface area (Å²) in [6.07, 6.45) is 0. The molecule has 2 aromatic carbocycles. The summed E-state index contributed by atoms with van der Waals surface area (Å²) in [5.74, 6) is -0.372. The van der Waals surface area contributed by atoms with E-state index < -0.39 is 0 Å². The second-order valence-corrected chi connectivity index (χ2v) is 4.62. The molecule has 0 bridgehead atoms. The van der Waals surface area contributed by atoms with Gasteiger partial charge >= 0.3 is 5.97 Å². The molecular weight excluding hydrogens is 284 g/mol. The van der Waals surface area contributed by atoms with Crippen molar-refractivity contribution in [2.75, 3.05) is 17.2 Å². The van der Waals surface area contributed by atoms with Gasteiger partial charge in [0.2, 0.25) is 0 Å². The predicted molar refractivity (Wildman–Crippen MR) is 88.7 cm³/mol. The molecule has 0 fully saturated rings. The van der Waals surface area contributed by atoms with Crippen molar-refractivity contribution >= 4 is 34.7 Å². The van der Waals surface area contributed by atoms with Crippen LogP contribution in [0.4, 0.5) is 11.4 Å².